The van der Waals surface area contributed by atoms with Crippen molar-refractivity contribution in [3.05, 3.63) is 74.3 Å². The van der Waals surface area contributed by atoms with Crippen molar-refractivity contribution in [2.75, 3.05) is 18.0 Å². The van der Waals surface area contributed by atoms with Crippen molar-refractivity contribution in [1.29, 1.82) is 0 Å². The average molecular weight is 472 g/mol. The first kappa shape index (κ1) is 23.1. The normalized spacial score (nSPS) is 20.1. The number of nitrogens with zero attached hydrogens (tertiary/aromatic N) is 5. The molecule has 0 bridgehead atoms. The third-order valence-corrected chi connectivity index (χ3v) is 6.83. The van der Waals surface area contributed by atoms with Gasteiger partial charge < -0.3 is 14.3 Å². The highest BCUT2D eigenvalue weighted by Gasteiger charge is 2.35. The Morgan fingerprint density at radius 1 is 1.15 bits per heavy atom. The molecule has 1 aromatic carbocycles. The number of aromatic nitrogens is 2. The lowest BCUT2D eigenvalue weighted by Crippen LogP contribution is -2.57. The number of anilines is 1. The summed E-state index contributed by atoms with van der Waals surface area (Å²) < 4.78 is 29.0. The summed E-state index contributed by atoms with van der Waals surface area (Å²) in [6.07, 6.45) is 0. The predicted octanol–water partition coefficient (Wildman–Crippen LogP) is 5.08. The zero-order valence-corrected chi connectivity index (χ0v) is 19.6. The maximum Gasteiger partial charge on any atom is 0.270 e. The van der Waals surface area contributed by atoms with Gasteiger partial charge in [0.05, 0.1) is 11.2 Å². The van der Waals surface area contributed by atoms with E-state index in [9.17, 15) is 13.6 Å². The van der Waals surface area contributed by atoms with E-state index < -0.39 is 11.6 Å². The molecule has 0 spiro atoms. The van der Waals surface area contributed by atoms with E-state index >= 15 is 0 Å². The lowest BCUT2D eigenvalue weighted by atomic mass is 10.00. The van der Waals surface area contributed by atoms with Crippen molar-refractivity contribution in [2.24, 2.45) is 7.05 Å². The smallest absolute Gasteiger partial charge is 0.270 e. The molecule has 1 fully saturated rings. The van der Waals surface area contributed by atoms with Crippen LogP contribution in [-0.4, -0.2) is 39.6 Å². The Hall–Kier alpha value is -3.02. The van der Waals surface area contributed by atoms with Gasteiger partial charge in [-0.2, -0.15) is 0 Å². The fourth-order valence-electron chi connectivity index (χ4n) is 4.65. The van der Waals surface area contributed by atoms with Gasteiger partial charge in [0.15, 0.2) is 11.6 Å². The van der Waals surface area contributed by atoms with Crippen LogP contribution < -0.4 is 10.5 Å². The molecular weight excluding hydrogens is 448 g/mol. The molecule has 6 nitrogen and oxygen atoms in total. The molecule has 0 N–H and O–H groups in total. The Balaban J connectivity index is 1.70. The van der Waals surface area contributed by atoms with Gasteiger partial charge in [0.25, 0.3) is 11.4 Å². The van der Waals surface area contributed by atoms with E-state index in [1.807, 2.05) is 20.8 Å². The Bertz CT molecular complexity index is 1340. The van der Waals surface area contributed by atoms with Crippen molar-refractivity contribution < 1.29 is 8.78 Å². The van der Waals surface area contributed by atoms with E-state index in [0.29, 0.717) is 35.4 Å². The molecule has 1 unspecified atom stereocenters. The van der Waals surface area contributed by atoms with Gasteiger partial charge in [-0.25, -0.2) is 8.78 Å². The van der Waals surface area contributed by atoms with Crippen molar-refractivity contribution in [3.63, 3.8) is 0 Å². The molecule has 4 rings (SSSR count). The van der Waals surface area contributed by atoms with Crippen LogP contribution in [0.3, 0.4) is 0 Å². The maximum atomic E-state index is 13.9. The fraction of sp³-hybridized carbons (Fsp3) is 0.375. The highest BCUT2D eigenvalue weighted by Crippen LogP contribution is 2.35. The summed E-state index contributed by atoms with van der Waals surface area (Å²) in [5.41, 5.74) is 2.34. The molecule has 172 valence electrons. The Morgan fingerprint density at radius 3 is 2.55 bits per heavy atom. The van der Waals surface area contributed by atoms with E-state index in [4.69, 9.17) is 18.2 Å². The van der Waals surface area contributed by atoms with E-state index in [1.165, 1.54) is 4.57 Å². The largest absolute Gasteiger partial charge is 0.362 e. The molecule has 3 aromatic rings. The molecule has 9 heteroatoms. The van der Waals surface area contributed by atoms with Crippen molar-refractivity contribution in [1.82, 2.24) is 14.5 Å². The van der Waals surface area contributed by atoms with Gasteiger partial charge in [-0.3, -0.25) is 9.69 Å². The van der Waals surface area contributed by atoms with Crippen LogP contribution in [0.25, 0.3) is 15.9 Å². The summed E-state index contributed by atoms with van der Waals surface area (Å²) in [5.74, 6) is -1.62. The summed E-state index contributed by atoms with van der Waals surface area (Å²) in [7, 11) is 1.69. The predicted molar refractivity (Wildman–Crippen MR) is 126 cm³/mol. The molecule has 33 heavy (non-hydrogen) atoms. The summed E-state index contributed by atoms with van der Waals surface area (Å²) >= 11 is 6.24. The molecule has 1 aliphatic heterocycles. The molecule has 1 saturated heterocycles. The molecule has 0 aliphatic carbocycles. The van der Waals surface area contributed by atoms with E-state index in [2.05, 4.69) is 19.6 Å². The van der Waals surface area contributed by atoms with Gasteiger partial charge in [0.2, 0.25) is 5.52 Å². The number of benzene rings is 1. The van der Waals surface area contributed by atoms with Crippen LogP contribution in [0.4, 0.5) is 20.3 Å². The minimum absolute atomic E-state index is 0.0126. The number of fused-ring (bicyclic) bond motifs is 1. The summed E-state index contributed by atoms with van der Waals surface area (Å²) in [4.78, 5) is 24.9. The maximum absolute atomic E-state index is 13.9. The standard InChI is InChI=1S/C24H24ClF2N5O/c1-13-12-32(21-10-23(33)30(5)20-6-7-22(28-4)29-24(20)21)14(2)11-31(13)15(3)16-8-18(26)19(27)9-17(16)25/h6-10,13-15H,11-12H2,1-3,5H3/t13-,14+,15?/m1/s1. The van der Waals surface area contributed by atoms with Gasteiger partial charge in [-0.1, -0.05) is 18.2 Å². The van der Waals surface area contributed by atoms with Crippen LogP contribution >= 0.6 is 11.6 Å². The lowest BCUT2D eigenvalue weighted by Gasteiger charge is -2.47. The van der Waals surface area contributed by atoms with Crippen molar-refractivity contribution in [3.8, 4) is 0 Å². The third-order valence-electron chi connectivity index (χ3n) is 6.50. The number of piperazine rings is 1. The highest BCUT2D eigenvalue weighted by atomic mass is 35.5. The molecule has 1 aliphatic rings. The second-order valence-electron chi connectivity index (χ2n) is 8.59. The van der Waals surface area contributed by atoms with Crippen molar-refractivity contribution in [2.45, 2.75) is 38.9 Å². The number of hydrogen-bond acceptors (Lipinski definition) is 4. The van der Waals surface area contributed by atoms with E-state index in [-0.39, 0.29) is 34.5 Å². The minimum atomic E-state index is -0.967. The van der Waals surface area contributed by atoms with Crippen molar-refractivity contribution >= 4 is 34.1 Å². The molecular formula is C24H24ClF2N5O. The first-order chi connectivity index (χ1) is 15.6. The van der Waals surface area contributed by atoms with Crippen LogP contribution in [-0.2, 0) is 7.05 Å². The second-order valence-corrected chi connectivity index (χ2v) is 8.99. The minimum Gasteiger partial charge on any atom is -0.362 e. The molecule has 3 heterocycles. The molecule has 0 radical (unpaired) electrons. The number of rotatable bonds is 3. The second kappa shape index (κ2) is 8.73. The van der Waals surface area contributed by atoms with Gasteiger partial charge in [0, 0.05) is 49.4 Å². The number of hydrogen-bond donors (Lipinski definition) is 0. The summed E-state index contributed by atoms with van der Waals surface area (Å²) in [6.45, 7) is 14.5. The van der Waals surface area contributed by atoms with Crippen LogP contribution in [0.5, 0.6) is 0 Å². The summed E-state index contributed by atoms with van der Waals surface area (Å²) in [6, 6.07) is 6.87. The number of halogens is 3. The first-order valence-electron chi connectivity index (χ1n) is 10.7. The van der Waals surface area contributed by atoms with Crippen LogP contribution in [0.2, 0.25) is 5.02 Å². The van der Waals surface area contributed by atoms with Gasteiger partial charge in [0.1, 0.15) is 0 Å². The van der Waals surface area contributed by atoms with E-state index in [0.717, 1.165) is 12.1 Å². The molecule has 3 atom stereocenters. The Labute approximate surface area is 195 Å². The van der Waals surface area contributed by atoms with Gasteiger partial charge >= 0.3 is 0 Å². The monoisotopic (exact) mass is 471 g/mol. The first-order valence-corrected chi connectivity index (χ1v) is 11.0. The fourth-order valence-corrected chi connectivity index (χ4v) is 4.96. The Kier molecular flexibility index (Phi) is 6.12. The number of pyridine rings is 2. The van der Waals surface area contributed by atoms with E-state index in [1.54, 1.807) is 25.2 Å². The third kappa shape index (κ3) is 4.07. The molecule has 2 aromatic heterocycles. The average Bonchev–Trinajstić information content (AvgIpc) is 2.79. The quantitative estimate of drug-likeness (QED) is 0.395. The number of aryl methyl sites for hydroxylation is 1. The highest BCUT2D eigenvalue weighted by molar-refractivity contribution is 6.31. The molecule has 0 saturated carbocycles. The summed E-state index contributed by atoms with van der Waals surface area (Å²) in [5, 5.41) is 0.192. The van der Waals surface area contributed by atoms with Crippen LogP contribution in [0, 0.1) is 18.2 Å². The Morgan fingerprint density at radius 2 is 1.85 bits per heavy atom. The lowest BCUT2D eigenvalue weighted by molar-refractivity contribution is 0.119. The van der Waals surface area contributed by atoms with Crippen LogP contribution in [0.1, 0.15) is 32.4 Å². The van der Waals surface area contributed by atoms with Gasteiger partial charge in [-0.15, -0.1) is 4.98 Å². The zero-order valence-electron chi connectivity index (χ0n) is 18.8. The zero-order chi connectivity index (χ0) is 24.0. The SMILES string of the molecule is [C-]#[N+]c1ccc2c(n1)c(N1C[C@@H](C)N(C(C)c3cc(F)c(F)cc3Cl)C[C@@H]1C)cc(=O)n2C. The van der Waals surface area contributed by atoms with Gasteiger partial charge in [-0.05, 0) is 50.6 Å². The van der Waals surface area contributed by atoms with Crippen LogP contribution in [0.15, 0.2) is 35.1 Å². The topological polar surface area (TPSA) is 45.7 Å². The molecule has 0 amide bonds.